The first-order chi connectivity index (χ1) is 20.0. The van der Waals surface area contributed by atoms with E-state index in [9.17, 15) is 14.4 Å². The van der Waals surface area contributed by atoms with Gasteiger partial charge in [-0.2, -0.15) is 4.99 Å². The Morgan fingerprint density at radius 3 is 2.56 bits per heavy atom. The molecule has 208 valence electrons. The van der Waals surface area contributed by atoms with E-state index >= 15 is 0 Å². The quantitative estimate of drug-likeness (QED) is 0.218. The van der Waals surface area contributed by atoms with E-state index in [1.807, 2.05) is 47.0 Å². The lowest BCUT2D eigenvalue weighted by Crippen LogP contribution is -2.36. The molecule has 1 amide bonds. The first-order valence-electron chi connectivity index (χ1n) is 14.0. The van der Waals surface area contributed by atoms with E-state index in [0.717, 1.165) is 42.9 Å². The zero-order valence-corrected chi connectivity index (χ0v) is 22.8. The number of benzene rings is 2. The van der Waals surface area contributed by atoms with Gasteiger partial charge in [-0.05, 0) is 60.9 Å². The Hall–Kier alpha value is -4.79. The Morgan fingerprint density at radius 1 is 0.976 bits per heavy atom. The van der Waals surface area contributed by atoms with Crippen molar-refractivity contribution in [2.24, 2.45) is 4.99 Å². The van der Waals surface area contributed by atoms with Crippen LogP contribution in [0.2, 0.25) is 0 Å². The lowest BCUT2D eigenvalue weighted by atomic mass is 9.94. The zero-order chi connectivity index (χ0) is 28.3. The first-order valence-corrected chi connectivity index (χ1v) is 14.0. The molecule has 6 rings (SSSR count). The summed E-state index contributed by atoms with van der Waals surface area (Å²) in [7, 11) is 0. The molecule has 9 heteroatoms. The molecule has 0 unspecified atom stereocenters. The van der Waals surface area contributed by atoms with Crippen molar-refractivity contribution in [3.63, 3.8) is 0 Å². The van der Waals surface area contributed by atoms with E-state index in [0.29, 0.717) is 17.0 Å². The fourth-order valence-corrected chi connectivity index (χ4v) is 5.55. The summed E-state index contributed by atoms with van der Waals surface area (Å²) in [6, 6.07) is 20.2. The highest BCUT2D eigenvalue weighted by Gasteiger charge is 2.25. The summed E-state index contributed by atoms with van der Waals surface area (Å²) in [4.78, 5) is 49.4. The second-order valence-corrected chi connectivity index (χ2v) is 10.2. The fraction of sp³-hybridized carbons (Fsp3) is 0.281. The predicted molar refractivity (Wildman–Crippen MR) is 155 cm³/mol. The van der Waals surface area contributed by atoms with Crippen molar-refractivity contribution in [3.05, 3.63) is 94.3 Å². The molecule has 0 N–H and O–H groups in total. The van der Waals surface area contributed by atoms with Gasteiger partial charge in [-0.25, -0.2) is 9.78 Å². The average Bonchev–Trinajstić information content (AvgIpc) is 3.00. The van der Waals surface area contributed by atoms with Gasteiger partial charge in [-0.3, -0.25) is 14.0 Å². The van der Waals surface area contributed by atoms with Crippen LogP contribution in [-0.2, 0) is 9.53 Å². The highest BCUT2D eigenvalue weighted by molar-refractivity contribution is 5.94. The van der Waals surface area contributed by atoms with Crippen LogP contribution in [0, 0.1) is 0 Å². The van der Waals surface area contributed by atoms with Gasteiger partial charge in [-0.15, -0.1) is 0 Å². The van der Waals surface area contributed by atoms with E-state index < -0.39 is 11.9 Å². The number of rotatable bonds is 6. The van der Waals surface area contributed by atoms with Gasteiger partial charge < -0.3 is 14.0 Å². The highest BCUT2D eigenvalue weighted by atomic mass is 16.5. The van der Waals surface area contributed by atoms with Gasteiger partial charge in [0.1, 0.15) is 22.6 Å². The van der Waals surface area contributed by atoms with E-state index in [1.165, 1.54) is 10.5 Å². The minimum absolute atomic E-state index is 0.0544. The van der Waals surface area contributed by atoms with E-state index in [2.05, 4.69) is 4.99 Å². The molecular weight excluding hydrogens is 520 g/mol. The Balaban J connectivity index is 1.51. The van der Waals surface area contributed by atoms with Crippen molar-refractivity contribution in [1.82, 2.24) is 14.0 Å². The van der Waals surface area contributed by atoms with Crippen LogP contribution < -0.4 is 15.8 Å². The number of pyridine rings is 2. The topological polar surface area (TPSA) is 104 Å². The van der Waals surface area contributed by atoms with Crippen molar-refractivity contribution in [3.8, 4) is 5.75 Å². The smallest absolute Gasteiger partial charge is 0.341 e. The maximum atomic E-state index is 13.6. The van der Waals surface area contributed by atoms with Gasteiger partial charge in [0, 0.05) is 12.2 Å². The molecule has 0 spiro atoms. The maximum absolute atomic E-state index is 13.6. The van der Waals surface area contributed by atoms with E-state index in [4.69, 9.17) is 14.5 Å². The summed E-state index contributed by atoms with van der Waals surface area (Å²) in [5, 5.41) is 2.32. The number of aromatic nitrogens is 3. The number of amides is 1. The zero-order valence-electron chi connectivity index (χ0n) is 22.8. The second kappa shape index (κ2) is 11.4. The Bertz CT molecular complexity index is 1920. The fourth-order valence-electron chi connectivity index (χ4n) is 5.55. The molecule has 5 aromatic rings. The molecule has 1 aliphatic carbocycles. The molecule has 3 aromatic heterocycles. The van der Waals surface area contributed by atoms with Crippen LogP contribution in [0.3, 0.4) is 0 Å². The lowest BCUT2D eigenvalue weighted by Gasteiger charge is -2.27. The Morgan fingerprint density at radius 2 is 1.76 bits per heavy atom. The highest BCUT2D eigenvalue weighted by Crippen LogP contribution is 2.29. The molecule has 0 bridgehead atoms. The van der Waals surface area contributed by atoms with Crippen LogP contribution in [0.1, 0.15) is 55.4 Å². The third kappa shape index (κ3) is 5.23. The minimum atomic E-state index is -0.654. The summed E-state index contributed by atoms with van der Waals surface area (Å²) in [5.74, 6) is -0.679. The SMILES string of the molecule is CCOC(=O)c1cc2c(=O)n3ccccc3nc2n(C2CCCCC2)c1=NC(=O)COc1ccc2ccccc2c1. The monoisotopic (exact) mass is 550 g/mol. The van der Waals surface area contributed by atoms with Crippen LogP contribution in [-0.4, -0.2) is 39.0 Å². The molecule has 1 fully saturated rings. The van der Waals surface area contributed by atoms with Crippen molar-refractivity contribution >= 4 is 39.3 Å². The predicted octanol–water partition coefficient (Wildman–Crippen LogP) is 4.99. The van der Waals surface area contributed by atoms with Crippen molar-refractivity contribution in [2.45, 2.75) is 45.1 Å². The number of ether oxygens (including phenoxy) is 2. The number of carbonyl (C=O) groups is 2. The Labute approximate surface area is 235 Å². The molecule has 0 aliphatic heterocycles. The van der Waals surface area contributed by atoms with Crippen LogP contribution in [0.4, 0.5) is 0 Å². The molecule has 2 aromatic carbocycles. The average molecular weight is 551 g/mol. The molecule has 1 saturated carbocycles. The number of carbonyl (C=O) groups excluding carboxylic acids is 2. The standard InChI is InChI=1S/C32H30N4O5/c1-2-40-32(39)26-19-25-29(33-27-14-8-9-17-35(27)31(25)38)36(23-12-4-3-5-13-23)30(26)34-28(37)20-41-24-16-15-21-10-6-7-11-22(21)18-24/h6-11,14-19,23H,2-5,12-13,20H2,1H3. The number of nitrogens with zero attached hydrogens (tertiary/aromatic N) is 4. The maximum Gasteiger partial charge on any atom is 0.341 e. The van der Waals surface area contributed by atoms with Crippen LogP contribution in [0.25, 0.3) is 27.5 Å². The number of fused-ring (bicyclic) bond motifs is 3. The normalized spacial score (nSPS) is 14.5. The minimum Gasteiger partial charge on any atom is -0.484 e. The molecule has 0 radical (unpaired) electrons. The van der Waals surface area contributed by atoms with Crippen LogP contribution in [0.15, 0.2) is 82.7 Å². The molecule has 0 saturated heterocycles. The van der Waals surface area contributed by atoms with Gasteiger partial charge in [0.2, 0.25) is 0 Å². The molecular formula is C32H30N4O5. The number of hydrogen-bond donors (Lipinski definition) is 0. The van der Waals surface area contributed by atoms with Gasteiger partial charge in [-0.1, -0.05) is 55.7 Å². The van der Waals surface area contributed by atoms with Crippen molar-refractivity contribution < 1.29 is 19.1 Å². The van der Waals surface area contributed by atoms with Crippen LogP contribution >= 0.6 is 0 Å². The number of esters is 1. The third-order valence-corrected chi connectivity index (χ3v) is 7.48. The summed E-state index contributed by atoms with van der Waals surface area (Å²) >= 11 is 0. The van der Waals surface area contributed by atoms with Gasteiger partial charge in [0.15, 0.2) is 12.1 Å². The summed E-state index contributed by atoms with van der Waals surface area (Å²) < 4.78 is 14.4. The largest absolute Gasteiger partial charge is 0.484 e. The lowest BCUT2D eigenvalue weighted by molar-refractivity contribution is -0.120. The van der Waals surface area contributed by atoms with Gasteiger partial charge in [0.25, 0.3) is 11.5 Å². The van der Waals surface area contributed by atoms with Crippen molar-refractivity contribution in [2.75, 3.05) is 13.2 Å². The number of hydrogen-bond acceptors (Lipinski definition) is 6. The van der Waals surface area contributed by atoms with E-state index in [-0.39, 0.29) is 41.3 Å². The van der Waals surface area contributed by atoms with E-state index in [1.54, 1.807) is 31.3 Å². The summed E-state index contributed by atoms with van der Waals surface area (Å²) in [5.41, 5.74) is 0.748. The second-order valence-electron chi connectivity index (χ2n) is 10.2. The summed E-state index contributed by atoms with van der Waals surface area (Å²) in [6.07, 6.45) is 6.32. The molecule has 0 atom stereocenters. The Kier molecular flexibility index (Phi) is 7.33. The molecule has 1 aliphatic rings. The first kappa shape index (κ1) is 26.4. The van der Waals surface area contributed by atoms with Crippen LogP contribution in [0.5, 0.6) is 5.75 Å². The summed E-state index contributed by atoms with van der Waals surface area (Å²) in [6.45, 7) is 1.52. The third-order valence-electron chi connectivity index (χ3n) is 7.48. The van der Waals surface area contributed by atoms with Gasteiger partial charge in [0.05, 0.1) is 12.0 Å². The molecule has 9 nitrogen and oxygen atoms in total. The molecule has 41 heavy (non-hydrogen) atoms. The van der Waals surface area contributed by atoms with Crippen molar-refractivity contribution in [1.29, 1.82) is 0 Å². The van der Waals surface area contributed by atoms with Gasteiger partial charge >= 0.3 is 5.97 Å². The molecule has 3 heterocycles.